The van der Waals surface area contributed by atoms with E-state index in [1.165, 1.54) is 12.8 Å². The molecule has 8 aliphatic heterocycles. The summed E-state index contributed by atoms with van der Waals surface area (Å²) in [6.07, 6.45) is 12.6. The first kappa shape index (κ1) is 29.1. The maximum atomic E-state index is 6.85. The van der Waals surface area contributed by atoms with Gasteiger partial charge < -0.3 is 18.9 Å². The summed E-state index contributed by atoms with van der Waals surface area (Å²) in [6, 6.07) is 0. The highest BCUT2D eigenvalue weighted by molar-refractivity contribution is 5.11. The third kappa shape index (κ3) is 4.08. The van der Waals surface area contributed by atoms with E-state index >= 15 is 0 Å². The number of hydrogen-bond acceptors (Lipinski definition) is 8. The van der Waals surface area contributed by atoms with Gasteiger partial charge in [0.1, 0.15) is 0 Å². The molecule has 4 bridgehead atoms. The van der Waals surface area contributed by atoms with Crippen LogP contribution in [-0.4, -0.2) is 47.6 Å². The molecule has 8 nitrogen and oxygen atoms in total. The van der Waals surface area contributed by atoms with E-state index in [9.17, 15) is 0 Å². The molecule has 0 aromatic carbocycles. The lowest BCUT2D eigenvalue weighted by Gasteiger charge is -2.60. The van der Waals surface area contributed by atoms with E-state index in [-0.39, 0.29) is 24.8 Å². The van der Waals surface area contributed by atoms with Crippen molar-refractivity contribution < 1.29 is 38.5 Å². The molecule has 42 heavy (non-hydrogen) atoms. The summed E-state index contributed by atoms with van der Waals surface area (Å²) >= 11 is 0. The molecular weight excluding hydrogens is 536 g/mol. The molecule has 0 amide bonds. The maximum Gasteiger partial charge on any atom is 0.201 e. The number of ether oxygens (including phenoxy) is 4. The Morgan fingerprint density at radius 1 is 0.524 bits per heavy atom. The Morgan fingerprint density at radius 2 is 0.952 bits per heavy atom. The van der Waals surface area contributed by atoms with Crippen molar-refractivity contribution in [2.75, 3.05) is 0 Å². The van der Waals surface area contributed by atoms with Crippen LogP contribution in [-0.2, 0) is 38.5 Å². The van der Waals surface area contributed by atoms with Gasteiger partial charge in [-0.2, -0.15) is 0 Å². The van der Waals surface area contributed by atoms with Gasteiger partial charge in [-0.3, -0.25) is 0 Å². The molecule has 10 fully saturated rings. The van der Waals surface area contributed by atoms with E-state index in [0.29, 0.717) is 47.3 Å². The number of fused-ring (bicyclic) bond motifs is 4. The Kier molecular flexibility index (Phi) is 6.99. The zero-order valence-corrected chi connectivity index (χ0v) is 26.7. The molecule has 8 saturated heterocycles. The van der Waals surface area contributed by atoms with Crippen LogP contribution in [0.4, 0.5) is 0 Å². The fourth-order valence-corrected chi connectivity index (χ4v) is 11.3. The van der Waals surface area contributed by atoms with Crippen molar-refractivity contribution in [2.24, 2.45) is 47.3 Å². The van der Waals surface area contributed by atoms with E-state index in [4.69, 9.17) is 38.5 Å². The van der Waals surface area contributed by atoms with Crippen molar-refractivity contribution in [3.8, 4) is 0 Å². The molecule has 0 radical (unpaired) electrons. The average Bonchev–Trinajstić information content (AvgIpc) is 3.33. The van der Waals surface area contributed by atoms with Crippen molar-refractivity contribution in [3.63, 3.8) is 0 Å². The molecule has 2 spiro atoms. The summed E-state index contributed by atoms with van der Waals surface area (Å²) in [5.74, 6) is 2.21. The van der Waals surface area contributed by atoms with Crippen molar-refractivity contribution in [2.45, 2.75) is 166 Å². The highest BCUT2D eigenvalue weighted by atomic mass is 17.3. The zero-order chi connectivity index (χ0) is 29.1. The van der Waals surface area contributed by atoms with Crippen LogP contribution in [0.3, 0.4) is 0 Å². The first-order valence-electron chi connectivity index (χ1n) is 17.5. The van der Waals surface area contributed by atoms with Gasteiger partial charge in [0.15, 0.2) is 23.8 Å². The monoisotopic (exact) mass is 590 g/mol. The number of hydrogen-bond donors (Lipinski definition) is 0. The van der Waals surface area contributed by atoms with Crippen LogP contribution in [0.25, 0.3) is 0 Å². The molecule has 0 aromatic heterocycles. The third-order valence-corrected chi connectivity index (χ3v) is 13.8. The van der Waals surface area contributed by atoms with Gasteiger partial charge in [0.05, 0.1) is 12.2 Å². The van der Waals surface area contributed by atoms with Crippen LogP contribution in [0.1, 0.15) is 119 Å². The summed E-state index contributed by atoms with van der Waals surface area (Å²) in [4.78, 5) is 24.7. The van der Waals surface area contributed by atoms with Gasteiger partial charge in [-0.25, -0.2) is 19.6 Å². The number of rotatable bonds is 5. The Bertz CT molecular complexity index is 961. The maximum absolute atomic E-state index is 6.85. The van der Waals surface area contributed by atoms with Gasteiger partial charge in [-0.05, 0) is 101 Å². The molecule has 238 valence electrons. The lowest BCUT2D eigenvalue weighted by molar-refractivity contribution is -0.571. The topological polar surface area (TPSA) is 73.8 Å². The Balaban J connectivity index is 0.934. The van der Waals surface area contributed by atoms with E-state index in [1.54, 1.807) is 0 Å². The van der Waals surface area contributed by atoms with Crippen LogP contribution in [0.5, 0.6) is 0 Å². The second-order valence-corrected chi connectivity index (χ2v) is 16.2. The van der Waals surface area contributed by atoms with Gasteiger partial charge in [0.25, 0.3) is 0 Å². The van der Waals surface area contributed by atoms with Crippen LogP contribution in [0.2, 0.25) is 0 Å². The van der Waals surface area contributed by atoms with Crippen LogP contribution < -0.4 is 0 Å². The van der Waals surface area contributed by atoms with Gasteiger partial charge >= 0.3 is 0 Å². The van der Waals surface area contributed by atoms with Crippen molar-refractivity contribution >= 4 is 0 Å². The van der Waals surface area contributed by atoms with Gasteiger partial charge in [0, 0.05) is 24.7 Å². The van der Waals surface area contributed by atoms with Crippen molar-refractivity contribution in [1.29, 1.82) is 0 Å². The summed E-state index contributed by atoms with van der Waals surface area (Å²) in [5.41, 5.74) is -0.943. The summed E-state index contributed by atoms with van der Waals surface area (Å²) < 4.78 is 26.9. The van der Waals surface area contributed by atoms with Gasteiger partial charge in [0.2, 0.25) is 11.6 Å². The fourth-order valence-electron chi connectivity index (χ4n) is 11.3. The highest BCUT2D eigenvalue weighted by Crippen LogP contribution is 2.62. The van der Waals surface area contributed by atoms with Crippen molar-refractivity contribution in [1.82, 2.24) is 0 Å². The third-order valence-electron chi connectivity index (χ3n) is 13.8. The molecule has 8 heterocycles. The molecule has 0 unspecified atom stereocenters. The van der Waals surface area contributed by atoms with E-state index < -0.39 is 22.8 Å². The zero-order valence-electron chi connectivity index (χ0n) is 26.7. The minimum Gasteiger partial charge on any atom is -0.346 e. The van der Waals surface area contributed by atoms with Crippen LogP contribution in [0.15, 0.2) is 0 Å². The lowest BCUT2D eigenvalue weighted by atomic mass is 9.57. The molecule has 2 saturated carbocycles. The summed E-state index contributed by atoms with van der Waals surface area (Å²) in [7, 11) is 0. The molecule has 16 atom stereocenters. The quantitative estimate of drug-likeness (QED) is 0.249. The van der Waals surface area contributed by atoms with E-state index in [1.807, 2.05) is 13.8 Å². The second kappa shape index (κ2) is 10.1. The molecule has 0 N–H and O–H groups in total. The van der Waals surface area contributed by atoms with E-state index in [0.717, 1.165) is 64.2 Å². The van der Waals surface area contributed by atoms with Gasteiger partial charge in [-0.1, -0.05) is 40.5 Å². The normalized spacial score (nSPS) is 59.9. The predicted octanol–water partition coefficient (Wildman–Crippen LogP) is 7.05. The molecule has 2 aliphatic carbocycles. The van der Waals surface area contributed by atoms with E-state index in [2.05, 4.69) is 27.7 Å². The first-order valence-corrected chi connectivity index (χ1v) is 17.5. The minimum absolute atomic E-state index is 0.172. The summed E-state index contributed by atoms with van der Waals surface area (Å²) in [5, 5.41) is 0. The smallest absolute Gasteiger partial charge is 0.201 e. The predicted molar refractivity (Wildman–Crippen MR) is 152 cm³/mol. The molecule has 10 rings (SSSR count). The first-order chi connectivity index (χ1) is 20.1. The fraction of sp³-hybridized carbons (Fsp3) is 1.00. The van der Waals surface area contributed by atoms with Gasteiger partial charge in [-0.15, -0.1) is 0 Å². The minimum atomic E-state index is -0.713. The standard InChI is InChI=1S/C34H54O8/c1-19-11-13-25-21(3)27(35-29-33(25)23(19)15-17-31(5,37-29)39-41-33)9-7-8-10-28-22(4)26-14-12-20(2)24-16-18-32(6)38-30(36-28)34(24,26)42-40-32/h19-30H,7-18H2,1-6H3/t19-,20-,21-,22-,23+,24+,25+,26+,27-,28+,29+,30+,31-,32-,33-,34-/m1/s1. The highest BCUT2D eigenvalue weighted by Gasteiger charge is 2.70. The Morgan fingerprint density at radius 3 is 1.38 bits per heavy atom. The van der Waals surface area contributed by atoms with Crippen LogP contribution >= 0.6 is 0 Å². The van der Waals surface area contributed by atoms with Crippen molar-refractivity contribution in [3.05, 3.63) is 0 Å². The largest absolute Gasteiger partial charge is 0.346 e. The average molecular weight is 591 g/mol. The molecular formula is C34H54O8. The molecule has 8 heteroatoms. The summed E-state index contributed by atoms with van der Waals surface area (Å²) in [6.45, 7) is 13.5. The second-order valence-electron chi connectivity index (χ2n) is 16.2. The Labute approximate surface area is 252 Å². The van der Waals surface area contributed by atoms with Crippen LogP contribution in [0, 0.1) is 47.3 Å². The molecule has 0 aromatic rings. The lowest BCUT2D eigenvalue weighted by Crippen LogP contribution is -2.70. The molecule has 10 aliphatic rings. The Hall–Kier alpha value is -0.320. The number of unbranched alkanes of at least 4 members (excludes halogenated alkanes) is 1. The SMILES string of the molecule is C[C@H]1[C@H](CCCC[C@H]2O[C@H]3O[C@@]4(C)CC[C@H]5[C@H](C)CC[C@@H]([C@H]2C)[C@@]35OO4)O[C@H]2O[C@@]3(C)CC[C@H]4[C@H](C)CC[C@@H]1[C@@]24OO3.